The van der Waals surface area contributed by atoms with Crippen LogP contribution in [0.5, 0.6) is 5.75 Å². The van der Waals surface area contributed by atoms with Crippen molar-refractivity contribution in [3.8, 4) is 5.75 Å². The highest BCUT2D eigenvalue weighted by Gasteiger charge is 2.27. The molecular formula is C28H41N3O5S. The van der Waals surface area contributed by atoms with Crippen molar-refractivity contribution in [1.82, 2.24) is 10.2 Å². The van der Waals surface area contributed by atoms with Gasteiger partial charge in [0.2, 0.25) is 21.8 Å². The van der Waals surface area contributed by atoms with Gasteiger partial charge in [-0.15, -0.1) is 0 Å². The van der Waals surface area contributed by atoms with Gasteiger partial charge in [-0.25, -0.2) is 8.42 Å². The van der Waals surface area contributed by atoms with Crippen molar-refractivity contribution in [2.24, 2.45) is 0 Å². The number of carbonyl (C=O) groups excluding carboxylic acids is 2. The van der Waals surface area contributed by atoms with Gasteiger partial charge in [-0.05, 0) is 75.9 Å². The topological polar surface area (TPSA) is 96.0 Å². The fourth-order valence-electron chi connectivity index (χ4n) is 3.90. The molecule has 9 heteroatoms. The van der Waals surface area contributed by atoms with Crippen LogP contribution in [0.4, 0.5) is 5.69 Å². The van der Waals surface area contributed by atoms with Crippen molar-refractivity contribution in [2.45, 2.75) is 72.5 Å². The first-order valence-corrected chi connectivity index (χ1v) is 14.7. The summed E-state index contributed by atoms with van der Waals surface area (Å²) in [5.41, 5.74) is 2.51. The molecule has 2 amide bonds. The molecule has 2 atom stereocenters. The van der Waals surface area contributed by atoms with Crippen LogP contribution in [-0.4, -0.2) is 56.6 Å². The molecular weight excluding hydrogens is 490 g/mol. The van der Waals surface area contributed by atoms with Crippen LogP contribution >= 0.6 is 0 Å². The molecule has 37 heavy (non-hydrogen) atoms. The number of amides is 2. The number of hydrogen-bond donors (Lipinski definition) is 1. The standard InChI is InChI=1S/C28H41N3O5S/c1-7-22(4)29-28(33)23(5)30(20-24-13-10-9-12-21(24)3)27(32)14-11-19-31(37(6,34)35)25-15-17-26(18-16-25)36-8-2/h9-10,12-13,15-18,22-23H,7-8,11,14,19-20H2,1-6H3,(H,29,33). The average Bonchev–Trinajstić information content (AvgIpc) is 2.85. The third kappa shape index (κ3) is 9.07. The van der Waals surface area contributed by atoms with E-state index >= 15 is 0 Å². The minimum Gasteiger partial charge on any atom is -0.494 e. The third-order valence-corrected chi connectivity index (χ3v) is 7.55. The Morgan fingerprint density at radius 2 is 1.68 bits per heavy atom. The molecule has 0 heterocycles. The monoisotopic (exact) mass is 531 g/mol. The summed E-state index contributed by atoms with van der Waals surface area (Å²) >= 11 is 0. The maximum Gasteiger partial charge on any atom is 0.242 e. The van der Waals surface area contributed by atoms with Gasteiger partial charge in [0.25, 0.3) is 0 Å². The maximum absolute atomic E-state index is 13.4. The quantitative estimate of drug-likeness (QED) is 0.393. The van der Waals surface area contributed by atoms with E-state index in [0.717, 1.165) is 23.8 Å². The van der Waals surface area contributed by atoms with E-state index < -0.39 is 16.1 Å². The normalized spacial score (nSPS) is 12.9. The second kappa shape index (κ2) is 14.0. The Morgan fingerprint density at radius 1 is 1.03 bits per heavy atom. The third-order valence-electron chi connectivity index (χ3n) is 6.36. The first-order valence-electron chi connectivity index (χ1n) is 12.8. The number of nitrogens with one attached hydrogen (secondary N) is 1. The van der Waals surface area contributed by atoms with Gasteiger partial charge >= 0.3 is 0 Å². The smallest absolute Gasteiger partial charge is 0.242 e. The summed E-state index contributed by atoms with van der Waals surface area (Å²) in [7, 11) is -3.56. The van der Waals surface area contributed by atoms with Gasteiger partial charge in [-0.2, -0.15) is 0 Å². The number of ether oxygens (including phenoxy) is 1. The molecule has 1 N–H and O–H groups in total. The molecule has 0 aliphatic rings. The summed E-state index contributed by atoms with van der Waals surface area (Å²) in [5, 5.41) is 2.96. The van der Waals surface area contributed by atoms with Gasteiger partial charge in [-0.3, -0.25) is 13.9 Å². The lowest BCUT2D eigenvalue weighted by molar-refractivity contribution is -0.140. The van der Waals surface area contributed by atoms with Gasteiger partial charge in [-0.1, -0.05) is 31.2 Å². The molecule has 0 fully saturated rings. The zero-order valence-corrected chi connectivity index (χ0v) is 23.7. The fourth-order valence-corrected chi connectivity index (χ4v) is 4.86. The van der Waals surface area contributed by atoms with Crippen molar-refractivity contribution in [2.75, 3.05) is 23.7 Å². The lowest BCUT2D eigenvalue weighted by Crippen LogP contribution is -2.49. The summed E-state index contributed by atoms with van der Waals surface area (Å²) in [4.78, 5) is 27.9. The SMILES string of the molecule is CCOc1ccc(N(CCCC(=O)N(Cc2ccccc2C)C(C)C(=O)NC(C)CC)S(C)(=O)=O)cc1. The van der Waals surface area contributed by atoms with Crippen LogP contribution in [-0.2, 0) is 26.2 Å². The molecule has 0 aliphatic carbocycles. The van der Waals surface area contributed by atoms with Gasteiger partial charge in [0.15, 0.2) is 0 Å². The molecule has 2 aromatic rings. The first-order chi connectivity index (χ1) is 17.5. The summed E-state index contributed by atoms with van der Waals surface area (Å²) in [6.45, 7) is 10.5. The number of nitrogens with zero attached hydrogens (tertiary/aromatic N) is 2. The van der Waals surface area contributed by atoms with Crippen molar-refractivity contribution >= 4 is 27.5 Å². The van der Waals surface area contributed by atoms with E-state index in [9.17, 15) is 18.0 Å². The highest BCUT2D eigenvalue weighted by molar-refractivity contribution is 7.92. The molecule has 2 unspecified atom stereocenters. The van der Waals surface area contributed by atoms with Gasteiger partial charge in [0.05, 0.1) is 18.6 Å². The van der Waals surface area contributed by atoms with Crippen molar-refractivity contribution in [3.05, 3.63) is 59.7 Å². The van der Waals surface area contributed by atoms with E-state index in [1.165, 1.54) is 4.31 Å². The largest absolute Gasteiger partial charge is 0.494 e. The number of sulfonamides is 1. The van der Waals surface area contributed by atoms with E-state index in [1.807, 2.05) is 52.0 Å². The Bertz CT molecular complexity index is 1130. The Morgan fingerprint density at radius 3 is 2.24 bits per heavy atom. The number of benzene rings is 2. The van der Waals surface area contributed by atoms with Crippen LogP contribution in [0.15, 0.2) is 48.5 Å². The van der Waals surface area contributed by atoms with Crippen LogP contribution in [0.3, 0.4) is 0 Å². The summed E-state index contributed by atoms with van der Waals surface area (Å²) in [5.74, 6) is 0.255. The van der Waals surface area contributed by atoms with Crippen LogP contribution < -0.4 is 14.4 Å². The second-order valence-electron chi connectivity index (χ2n) is 9.31. The Kier molecular flexibility index (Phi) is 11.4. The first kappa shape index (κ1) is 30.2. The Hall–Kier alpha value is -3.07. The molecule has 0 saturated carbocycles. The zero-order chi connectivity index (χ0) is 27.6. The molecule has 0 saturated heterocycles. The van der Waals surface area contributed by atoms with Crippen LogP contribution in [0.25, 0.3) is 0 Å². The van der Waals surface area contributed by atoms with E-state index in [4.69, 9.17) is 4.74 Å². The molecule has 2 rings (SSSR count). The van der Waals surface area contributed by atoms with Crippen LogP contribution in [0.1, 0.15) is 58.1 Å². The zero-order valence-electron chi connectivity index (χ0n) is 22.9. The Labute approximate surface area is 222 Å². The van der Waals surface area contributed by atoms with Crippen molar-refractivity contribution < 1.29 is 22.7 Å². The lowest BCUT2D eigenvalue weighted by atomic mass is 10.1. The number of hydrogen-bond acceptors (Lipinski definition) is 5. The Balaban J connectivity index is 2.17. The molecule has 0 bridgehead atoms. The van der Waals surface area contributed by atoms with Gasteiger partial charge in [0.1, 0.15) is 11.8 Å². The number of anilines is 1. The highest BCUT2D eigenvalue weighted by atomic mass is 32.2. The minimum atomic E-state index is -3.56. The number of carbonyl (C=O) groups is 2. The van der Waals surface area contributed by atoms with E-state index in [1.54, 1.807) is 36.1 Å². The van der Waals surface area contributed by atoms with E-state index in [2.05, 4.69) is 5.32 Å². The molecule has 2 aromatic carbocycles. The van der Waals surface area contributed by atoms with Crippen LogP contribution in [0, 0.1) is 6.92 Å². The van der Waals surface area contributed by atoms with Crippen LogP contribution in [0.2, 0.25) is 0 Å². The van der Waals surface area contributed by atoms with Crippen molar-refractivity contribution in [1.29, 1.82) is 0 Å². The van der Waals surface area contributed by atoms with E-state index in [-0.39, 0.29) is 30.8 Å². The number of rotatable bonds is 14. The molecule has 0 aliphatic heterocycles. The van der Waals surface area contributed by atoms with E-state index in [0.29, 0.717) is 31.0 Å². The molecule has 204 valence electrons. The minimum absolute atomic E-state index is 0.00259. The summed E-state index contributed by atoms with van der Waals surface area (Å²) in [6.07, 6.45) is 2.35. The molecule has 0 radical (unpaired) electrons. The summed E-state index contributed by atoms with van der Waals surface area (Å²) in [6, 6.07) is 13.9. The molecule has 0 spiro atoms. The predicted molar refractivity (Wildman–Crippen MR) is 148 cm³/mol. The average molecular weight is 532 g/mol. The highest BCUT2D eigenvalue weighted by Crippen LogP contribution is 2.23. The summed E-state index contributed by atoms with van der Waals surface area (Å²) < 4.78 is 31.7. The number of aryl methyl sites for hydroxylation is 1. The van der Waals surface area contributed by atoms with Gasteiger partial charge in [0, 0.05) is 25.6 Å². The molecule has 8 nitrogen and oxygen atoms in total. The maximum atomic E-state index is 13.4. The molecule has 0 aromatic heterocycles. The lowest BCUT2D eigenvalue weighted by Gasteiger charge is -2.30. The fraction of sp³-hybridized carbons (Fsp3) is 0.500. The van der Waals surface area contributed by atoms with Crippen molar-refractivity contribution in [3.63, 3.8) is 0 Å². The van der Waals surface area contributed by atoms with Gasteiger partial charge < -0.3 is 15.0 Å². The predicted octanol–water partition coefficient (Wildman–Crippen LogP) is 4.27. The second-order valence-corrected chi connectivity index (χ2v) is 11.2.